The van der Waals surface area contributed by atoms with E-state index in [0.717, 1.165) is 25.9 Å². The van der Waals surface area contributed by atoms with Gasteiger partial charge in [0.2, 0.25) is 0 Å². The number of aromatic amines is 1. The minimum atomic E-state index is -0.0930. The molecule has 1 fully saturated rings. The minimum absolute atomic E-state index is 0.0584. The number of esters is 1. The second-order valence-corrected chi connectivity index (χ2v) is 6.66. The number of H-pyrrole nitrogens is 1. The number of aromatic nitrogens is 1. The number of carbonyl (C=O) groups excluding carboxylic acids is 1. The molecule has 1 aromatic heterocycles. The number of methoxy groups -OCH3 is 1. The maximum absolute atomic E-state index is 12.1. The normalized spacial score (nSPS) is 26.7. The molecule has 3 atom stereocenters. The number of nitrogens with zero attached hydrogens (tertiary/aromatic N) is 1. The molecular formula is C19H22N2O2. The lowest BCUT2D eigenvalue weighted by molar-refractivity contribution is -0.148. The van der Waals surface area contributed by atoms with Crippen molar-refractivity contribution in [2.24, 2.45) is 5.92 Å². The van der Waals surface area contributed by atoms with Crippen molar-refractivity contribution < 1.29 is 9.53 Å². The predicted molar refractivity (Wildman–Crippen MR) is 90.4 cm³/mol. The minimum Gasteiger partial charge on any atom is -0.469 e. The molecule has 0 saturated carbocycles. The molecule has 1 N–H and O–H groups in total. The van der Waals surface area contributed by atoms with Crippen molar-refractivity contribution in [3.63, 3.8) is 0 Å². The first kappa shape index (κ1) is 14.5. The Morgan fingerprint density at radius 2 is 2.39 bits per heavy atom. The second-order valence-electron chi connectivity index (χ2n) is 6.66. The van der Waals surface area contributed by atoms with Crippen LogP contribution in [0.25, 0.3) is 10.9 Å². The lowest BCUT2D eigenvalue weighted by atomic mass is 9.72. The Bertz CT molecular complexity index is 764. The lowest BCUT2D eigenvalue weighted by Crippen LogP contribution is -2.51. The number of benzene rings is 1. The van der Waals surface area contributed by atoms with Crippen LogP contribution in [-0.4, -0.2) is 42.1 Å². The van der Waals surface area contributed by atoms with Gasteiger partial charge in [-0.25, -0.2) is 0 Å². The van der Waals surface area contributed by atoms with E-state index in [1.54, 1.807) is 0 Å². The molecule has 1 aliphatic carbocycles. The summed E-state index contributed by atoms with van der Waals surface area (Å²) >= 11 is 0. The summed E-state index contributed by atoms with van der Waals surface area (Å²) in [6.07, 6.45) is 5.98. The molecule has 0 spiro atoms. The third-order valence-corrected chi connectivity index (χ3v) is 5.47. The molecule has 2 aromatic rings. The smallest absolute Gasteiger partial charge is 0.309 e. The summed E-state index contributed by atoms with van der Waals surface area (Å²) < 4.78 is 5.03. The summed E-state index contributed by atoms with van der Waals surface area (Å²) in [5.74, 6) is 0.223. The van der Waals surface area contributed by atoms with Crippen LogP contribution in [0.3, 0.4) is 0 Å². The van der Waals surface area contributed by atoms with Crippen LogP contribution in [-0.2, 0) is 16.0 Å². The van der Waals surface area contributed by atoms with Crippen LogP contribution >= 0.6 is 0 Å². The van der Waals surface area contributed by atoms with Gasteiger partial charge in [-0.2, -0.15) is 0 Å². The molecule has 0 radical (unpaired) electrons. The maximum Gasteiger partial charge on any atom is 0.309 e. The number of fused-ring (bicyclic) bond motifs is 2. The number of likely N-dealkylation sites (tertiary alicyclic amines) is 1. The SMILES string of the molecule is C=CCN1C[C@H](C(=O)OC)C[C@H]2c3cccc4[nH]cc(c34)C[C@H]21. The Kier molecular flexibility index (Phi) is 3.49. The van der Waals surface area contributed by atoms with Crippen molar-refractivity contribution in [3.8, 4) is 0 Å². The van der Waals surface area contributed by atoms with E-state index in [-0.39, 0.29) is 11.9 Å². The molecule has 0 amide bonds. The molecule has 0 bridgehead atoms. The summed E-state index contributed by atoms with van der Waals surface area (Å²) in [5.41, 5.74) is 3.96. The van der Waals surface area contributed by atoms with E-state index in [1.165, 1.54) is 29.1 Å². The second kappa shape index (κ2) is 5.53. The van der Waals surface area contributed by atoms with Gasteiger partial charge in [-0.05, 0) is 30.0 Å². The van der Waals surface area contributed by atoms with Crippen molar-refractivity contribution in [1.82, 2.24) is 9.88 Å². The first-order chi connectivity index (χ1) is 11.2. The number of hydrogen-bond acceptors (Lipinski definition) is 3. The Balaban J connectivity index is 1.79. The average molecular weight is 310 g/mol. The highest BCUT2D eigenvalue weighted by Gasteiger charge is 2.42. The molecule has 23 heavy (non-hydrogen) atoms. The third-order valence-electron chi connectivity index (χ3n) is 5.47. The largest absolute Gasteiger partial charge is 0.469 e. The summed E-state index contributed by atoms with van der Waals surface area (Å²) in [5, 5.41) is 1.36. The fraction of sp³-hybridized carbons (Fsp3) is 0.421. The Hall–Kier alpha value is -2.07. The Morgan fingerprint density at radius 3 is 3.17 bits per heavy atom. The molecule has 4 heteroatoms. The van der Waals surface area contributed by atoms with Crippen LogP contribution in [0.1, 0.15) is 23.5 Å². The molecule has 1 saturated heterocycles. The third kappa shape index (κ3) is 2.20. The zero-order chi connectivity index (χ0) is 16.0. The maximum atomic E-state index is 12.1. The zero-order valence-corrected chi connectivity index (χ0v) is 13.4. The number of nitrogens with one attached hydrogen (secondary N) is 1. The van der Waals surface area contributed by atoms with Crippen molar-refractivity contribution in [2.45, 2.75) is 24.8 Å². The van der Waals surface area contributed by atoms with E-state index >= 15 is 0 Å². The molecule has 1 aliphatic heterocycles. The van der Waals surface area contributed by atoms with E-state index in [0.29, 0.717) is 12.0 Å². The van der Waals surface area contributed by atoms with Crippen molar-refractivity contribution >= 4 is 16.9 Å². The Morgan fingerprint density at radius 1 is 1.52 bits per heavy atom. The first-order valence-electron chi connectivity index (χ1n) is 8.24. The van der Waals surface area contributed by atoms with E-state index in [9.17, 15) is 4.79 Å². The molecule has 4 nitrogen and oxygen atoms in total. The molecule has 2 aliphatic rings. The van der Waals surface area contributed by atoms with Crippen LogP contribution in [0.2, 0.25) is 0 Å². The van der Waals surface area contributed by atoms with Gasteiger partial charge in [0, 0.05) is 42.1 Å². The summed E-state index contributed by atoms with van der Waals surface area (Å²) in [4.78, 5) is 17.9. The quantitative estimate of drug-likeness (QED) is 0.700. The van der Waals surface area contributed by atoms with Gasteiger partial charge in [0.25, 0.3) is 0 Å². The highest BCUT2D eigenvalue weighted by molar-refractivity contribution is 5.88. The summed E-state index contributed by atoms with van der Waals surface area (Å²) in [7, 11) is 1.48. The standard InChI is InChI=1S/C19H22N2O2/c1-3-7-21-11-13(19(22)23-2)8-15-14-5-4-6-16-18(14)12(10-20-16)9-17(15)21/h3-6,10,13,15,17,20H,1,7-9,11H2,2H3/t13-,15+,17-/m1/s1. The highest BCUT2D eigenvalue weighted by atomic mass is 16.5. The number of rotatable bonds is 3. The van der Waals surface area contributed by atoms with E-state index < -0.39 is 0 Å². The Labute approximate surface area is 136 Å². The number of piperidine rings is 1. The van der Waals surface area contributed by atoms with Gasteiger partial charge in [-0.15, -0.1) is 6.58 Å². The van der Waals surface area contributed by atoms with Crippen LogP contribution in [0.5, 0.6) is 0 Å². The van der Waals surface area contributed by atoms with Crippen LogP contribution in [0, 0.1) is 5.92 Å². The first-order valence-corrected chi connectivity index (χ1v) is 8.24. The van der Waals surface area contributed by atoms with Crippen molar-refractivity contribution in [1.29, 1.82) is 0 Å². The van der Waals surface area contributed by atoms with Gasteiger partial charge in [0.05, 0.1) is 13.0 Å². The van der Waals surface area contributed by atoms with Crippen LogP contribution in [0.15, 0.2) is 37.1 Å². The van der Waals surface area contributed by atoms with Gasteiger partial charge < -0.3 is 9.72 Å². The number of carbonyl (C=O) groups is 1. The van der Waals surface area contributed by atoms with Crippen LogP contribution in [0.4, 0.5) is 0 Å². The van der Waals surface area contributed by atoms with Crippen molar-refractivity contribution in [2.75, 3.05) is 20.2 Å². The molecule has 1 aromatic carbocycles. The lowest BCUT2D eigenvalue weighted by Gasteiger charge is -2.46. The monoisotopic (exact) mass is 310 g/mol. The van der Waals surface area contributed by atoms with Gasteiger partial charge in [0.1, 0.15) is 0 Å². The van der Waals surface area contributed by atoms with Gasteiger partial charge in [-0.3, -0.25) is 9.69 Å². The zero-order valence-electron chi connectivity index (χ0n) is 13.4. The molecule has 4 rings (SSSR count). The van der Waals surface area contributed by atoms with E-state index in [2.05, 4.69) is 40.9 Å². The van der Waals surface area contributed by atoms with E-state index in [4.69, 9.17) is 4.74 Å². The topological polar surface area (TPSA) is 45.3 Å². The van der Waals surface area contributed by atoms with Crippen LogP contribution < -0.4 is 0 Å². The summed E-state index contributed by atoms with van der Waals surface area (Å²) in [6, 6.07) is 6.90. The number of hydrogen-bond donors (Lipinski definition) is 1. The molecular weight excluding hydrogens is 288 g/mol. The van der Waals surface area contributed by atoms with Gasteiger partial charge in [-0.1, -0.05) is 18.2 Å². The van der Waals surface area contributed by atoms with E-state index in [1.807, 2.05) is 6.08 Å². The fourth-order valence-corrected chi connectivity index (χ4v) is 4.51. The predicted octanol–water partition coefficient (Wildman–Crippen LogP) is 2.86. The summed E-state index contributed by atoms with van der Waals surface area (Å²) in [6.45, 7) is 5.46. The number of ether oxygens (including phenoxy) is 1. The highest BCUT2D eigenvalue weighted by Crippen LogP contribution is 2.44. The van der Waals surface area contributed by atoms with Gasteiger partial charge >= 0.3 is 5.97 Å². The molecule has 0 unspecified atom stereocenters. The average Bonchev–Trinajstić information content (AvgIpc) is 2.99. The molecule has 2 heterocycles. The molecule has 120 valence electrons. The fourth-order valence-electron chi connectivity index (χ4n) is 4.51. The van der Waals surface area contributed by atoms with Crippen molar-refractivity contribution in [3.05, 3.63) is 48.2 Å². The van der Waals surface area contributed by atoms with Gasteiger partial charge in [0.15, 0.2) is 0 Å².